The number of nitrogens with zero attached hydrogens (tertiary/aromatic N) is 4. The molecule has 3 heterocycles. The number of hydrogen-bond donors (Lipinski definition) is 0. The van der Waals surface area contributed by atoms with Crippen molar-refractivity contribution in [1.82, 2.24) is 19.0 Å². The van der Waals surface area contributed by atoms with Crippen LogP contribution in [0.2, 0.25) is 0 Å². The lowest BCUT2D eigenvalue weighted by atomic mass is 9.96. The Hall–Kier alpha value is -2.26. The van der Waals surface area contributed by atoms with E-state index in [0.29, 0.717) is 37.8 Å². The molecule has 2 saturated heterocycles. The van der Waals surface area contributed by atoms with E-state index < -0.39 is 10.0 Å². The van der Waals surface area contributed by atoms with Crippen molar-refractivity contribution in [2.24, 2.45) is 7.05 Å². The fourth-order valence-corrected chi connectivity index (χ4v) is 6.13. The normalized spacial score (nSPS) is 23.7. The molecule has 29 heavy (non-hydrogen) atoms. The van der Waals surface area contributed by atoms with Gasteiger partial charge in [0.05, 0.1) is 6.20 Å². The average Bonchev–Trinajstić information content (AvgIpc) is 3.30. The van der Waals surface area contributed by atoms with Crippen LogP contribution in [0.4, 0.5) is 4.39 Å². The van der Waals surface area contributed by atoms with Gasteiger partial charge in [-0.15, -0.1) is 0 Å². The molecule has 2 atom stereocenters. The highest BCUT2D eigenvalue weighted by atomic mass is 32.2. The van der Waals surface area contributed by atoms with Gasteiger partial charge in [0.1, 0.15) is 10.7 Å². The Labute approximate surface area is 170 Å². The number of aromatic nitrogens is 2. The molecule has 4 rings (SSSR count). The number of halogens is 1. The van der Waals surface area contributed by atoms with E-state index in [9.17, 15) is 17.6 Å². The molecule has 1 amide bonds. The first-order valence-electron chi connectivity index (χ1n) is 9.91. The number of fused-ring (bicyclic) bond motifs is 1. The third kappa shape index (κ3) is 3.81. The summed E-state index contributed by atoms with van der Waals surface area (Å²) in [5.74, 6) is -0.389. The summed E-state index contributed by atoms with van der Waals surface area (Å²) in [5, 5.41) is 3.99. The van der Waals surface area contributed by atoms with Crippen molar-refractivity contribution < 1.29 is 17.6 Å². The summed E-state index contributed by atoms with van der Waals surface area (Å²) in [4.78, 5) is 14.7. The molecule has 0 saturated carbocycles. The van der Waals surface area contributed by atoms with Gasteiger partial charge in [-0.25, -0.2) is 12.8 Å². The largest absolute Gasteiger partial charge is 0.334 e. The number of aryl methyl sites for hydroxylation is 1. The van der Waals surface area contributed by atoms with Crippen LogP contribution in [-0.4, -0.2) is 51.9 Å². The lowest BCUT2D eigenvalue weighted by molar-refractivity contribution is -0.135. The fourth-order valence-electron chi connectivity index (χ4n) is 4.45. The fraction of sp³-hybridized carbons (Fsp3) is 0.500. The van der Waals surface area contributed by atoms with Crippen LogP contribution in [0.5, 0.6) is 0 Å². The van der Waals surface area contributed by atoms with Crippen LogP contribution in [0.3, 0.4) is 0 Å². The highest BCUT2D eigenvalue weighted by Crippen LogP contribution is 2.35. The van der Waals surface area contributed by atoms with Crippen LogP contribution in [0.15, 0.2) is 41.6 Å². The lowest BCUT2D eigenvalue weighted by Gasteiger charge is -2.37. The second-order valence-electron chi connectivity index (χ2n) is 7.75. The molecule has 2 fully saturated rings. The lowest BCUT2D eigenvalue weighted by Crippen LogP contribution is -2.49. The minimum absolute atomic E-state index is 0.0384. The molecule has 1 aromatic carbocycles. The number of benzene rings is 1. The van der Waals surface area contributed by atoms with Gasteiger partial charge in [-0.1, -0.05) is 24.6 Å². The van der Waals surface area contributed by atoms with Gasteiger partial charge in [0.15, 0.2) is 0 Å². The number of hydrogen-bond acceptors (Lipinski definition) is 4. The molecule has 9 heteroatoms. The topological polar surface area (TPSA) is 75.5 Å². The summed E-state index contributed by atoms with van der Waals surface area (Å²) in [6.45, 7) is 0.501. The number of likely N-dealkylation sites (tertiary alicyclic amines) is 1. The predicted molar refractivity (Wildman–Crippen MR) is 105 cm³/mol. The Morgan fingerprint density at radius 1 is 1.17 bits per heavy atom. The van der Waals surface area contributed by atoms with E-state index in [1.807, 2.05) is 0 Å². The van der Waals surface area contributed by atoms with E-state index in [4.69, 9.17) is 0 Å². The van der Waals surface area contributed by atoms with E-state index >= 15 is 0 Å². The Bertz CT molecular complexity index is 1010. The minimum Gasteiger partial charge on any atom is -0.334 e. The van der Waals surface area contributed by atoms with Crippen molar-refractivity contribution >= 4 is 15.9 Å². The SMILES string of the molecule is Cn1cc(S(=O)(=O)N2CC[C@H]3[C@H]2CCCCC(=O)N3Cc2ccccc2F)cn1. The molecule has 0 unspecified atom stereocenters. The Morgan fingerprint density at radius 2 is 1.97 bits per heavy atom. The minimum atomic E-state index is -3.70. The first-order valence-corrected chi connectivity index (χ1v) is 11.4. The van der Waals surface area contributed by atoms with E-state index in [0.717, 1.165) is 6.42 Å². The van der Waals surface area contributed by atoms with Crippen LogP contribution < -0.4 is 0 Å². The van der Waals surface area contributed by atoms with Crippen molar-refractivity contribution in [1.29, 1.82) is 0 Å². The smallest absolute Gasteiger partial charge is 0.246 e. The summed E-state index contributed by atoms with van der Waals surface area (Å²) in [5.41, 5.74) is 0.453. The summed E-state index contributed by atoms with van der Waals surface area (Å²) < 4.78 is 43.6. The number of rotatable bonds is 4. The molecular formula is C20H25FN4O3S. The van der Waals surface area contributed by atoms with Crippen LogP contribution in [-0.2, 0) is 28.4 Å². The molecule has 156 valence electrons. The maximum atomic E-state index is 14.2. The van der Waals surface area contributed by atoms with Gasteiger partial charge in [0.2, 0.25) is 15.9 Å². The molecule has 0 aliphatic carbocycles. The second-order valence-corrected chi connectivity index (χ2v) is 9.64. The third-order valence-electron chi connectivity index (χ3n) is 5.91. The molecular weight excluding hydrogens is 395 g/mol. The number of amides is 1. The van der Waals surface area contributed by atoms with E-state index in [-0.39, 0.29) is 35.2 Å². The van der Waals surface area contributed by atoms with E-state index in [1.54, 1.807) is 30.1 Å². The quantitative estimate of drug-likeness (QED) is 0.761. The number of sulfonamides is 1. The highest BCUT2D eigenvalue weighted by Gasteiger charge is 2.45. The van der Waals surface area contributed by atoms with Crippen molar-refractivity contribution in [3.05, 3.63) is 48.0 Å². The molecule has 7 nitrogen and oxygen atoms in total. The molecule has 2 aromatic rings. The van der Waals surface area contributed by atoms with Gasteiger partial charge in [-0.3, -0.25) is 9.48 Å². The summed E-state index contributed by atoms with van der Waals surface area (Å²) >= 11 is 0. The monoisotopic (exact) mass is 420 g/mol. The van der Waals surface area contributed by atoms with Crippen molar-refractivity contribution in [3.8, 4) is 0 Å². The summed E-state index contributed by atoms with van der Waals surface area (Å²) in [6, 6.07) is 5.86. The standard InChI is InChI=1S/C20H25FN4O3S/c1-23-14-16(12-22-23)29(27,28)25-11-10-18-19(25)8-4-5-9-20(26)24(18)13-15-6-2-3-7-17(15)21/h2-3,6-7,12,14,18-19H,4-5,8-11,13H2,1H3/t18-,19+/m0/s1. The maximum absolute atomic E-state index is 14.2. The van der Waals surface area contributed by atoms with Crippen LogP contribution >= 0.6 is 0 Å². The van der Waals surface area contributed by atoms with Gasteiger partial charge in [-0.2, -0.15) is 9.40 Å². The third-order valence-corrected chi connectivity index (χ3v) is 7.78. The molecule has 1 aromatic heterocycles. The molecule has 2 aliphatic heterocycles. The maximum Gasteiger partial charge on any atom is 0.246 e. The summed E-state index contributed by atoms with van der Waals surface area (Å²) in [6.07, 6.45) is 5.99. The Kier molecular flexibility index (Phi) is 5.44. The number of carbonyl (C=O) groups excluding carboxylic acids is 1. The van der Waals surface area contributed by atoms with Gasteiger partial charge < -0.3 is 4.90 Å². The predicted octanol–water partition coefficient (Wildman–Crippen LogP) is 2.29. The second kappa shape index (κ2) is 7.87. The first-order chi connectivity index (χ1) is 13.9. The van der Waals surface area contributed by atoms with Crippen molar-refractivity contribution in [2.75, 3.05) is 6.54 Å². The van der Waals surface area contributed by atoms with Gasteiger partial charge in [-0.05, 0) is 25.3 Å². The zero-order chi connectivity index (χ0) is 20.6. The molecule has 0 radical (unpaired) electrons. The van der Waals surface area contributed by atoms with E-state index in [2.05, 4.69) is 5.10 Å². The summed E-state index contributed by atoms with van der Waals surface area (Å²) in [7, 11) is -2.02. The zero-order valence-electron chi connectivity index (χ0n) is 16.4. The molecule has 0 spiro atoms. The van der Waals surface area contributed by atoms with Crippen molar-refractivity contribution in [2.45, 2.75) is 55.6 Å². The average molecular weight is 421 g/mol. The molecule has 2 aliphatic rings. The Morgan fingerprint density at radius 3 is 2.69 bits per heavy atom. The number of carbonyl (C=O) groups is 1. The van der Waals surface area contributed by atoms with Crippen LogP contribution in [0.25, 0.3) is 0 Å². The van der Waals surface area contributed by atoms with Gasteiger partial charge in [0.25, 0.3) is 0 Å². The highest BCUT2D eigenvalue weighted by molar-refractivity contribution is 7.89. The van der Waals surface area contributed by atoms with Gasteiger partial charge in [0, 0.05) is 50.4 Å². The van der Waals surface area contributed by atoms with E-state index in [1.165, 1.54) is 27.4 Å². The Balaban J connectivity index is 1.65. The van der Waals surface area contributed by atoms with Crippen LogP contribution in [0, 0.1) is 5.82 Å². The van der Waals surface area contributed by atoms with Crippen LogP contribution in [0.1, 0.15) is 37.7 Å². The van der Waals surface area contributed by atoms with Gasteiger partial charge >= 0.3 is 0 Å². The molecule has 0 bridgehead atoms. The molecule has 0 N–H and O–H groups in total. The van der Waals surface area contributed by atoms with Crippen molar-refractivity contribution in [3.63, 3.8) is 0 Å². The zero-order valence-corrected chi connectivity index (χ0v) is 17.2. The first kappa shape index (κ1) is 20.0.